The van der Waals surface area contributed by atoms with Gasteiger partial charge in [0.1, 0.15) is 6.10 Å². The van der Waals surface area contributed by atoms with E-state index in [4.69, 9.17) is 14.6 Å². The smallest absolute Gasteiger partial charge is 0.175 e. The molecule has 0 bridgehead atoms. The summed E-state index contributed by atoms with van der Waals surface area (Å²) in [5, 5.41) is 19.0. The molecule has 4 heteroatoms. The molecule has 4 nitrogen and oxygen atoms in total. The van der Waals surface area contributed by atoms with Crippen LogP contribution in [0, 0.1) is 0 Å². The molecule has 2 rings (SSSR count). The fourth-order valence-electron chi connectivity index (χ4n) is 2.53. The molecule has 0 aromatic rings. The Morgan fingerprint density at radius 2 is 2.28 bits per heavy atom. The molecule has 1 fully saturated rings. The normalized spacial score (nSPS) is 36.8. The molecule has 2 N–H and O–H groups in total. The lowest BCUT2D eigenvalue weighted by atomic mass is 9.94. The minimum atomic E-state index is -0.797. The molecule has 100 valence electrons. The monoisotopic (exact) mass is 252 g/mol. The minimum Gasteiger partial charge on any atom is -0.394 e. The summed E-state index contributed by atoms with van der Waals surface area (Å²) in [5.74, 6) is -0.797. The molecule has 0 radical (unpaired) electrons. The Morgan fingerprint density at radius 3 is 2.83 bits per heavy atom. The molecule has 1 spiro atoms. The summed E-state index contributed by atoms with van der Waals surface area (Å²) in [4.78, 5) is 0. The van der Waals surface area contributed by atoms with Crippen LogP contribution in [0.3, 0.4) is 0 Å². The van der Waals surface area contributed by atoms with Gasteiger partial charge in [0, 0.05) is 12.8 Å². The zero-order valence-electron chi connectivity index (χ0n) is 10.6. The van der Waals surface area contributed by atoms with Crippen LogP contribution in [-0.4, -0.2) is 41.4 Å². The Balaban J connectivity index is 2.20. The molecule has 2 aliphatic heterocycles. The number of ether oxygens (including phenoxy) is 2. The van der Waals surface area contributed by atoms with Crippen LogP contribution in [0.1, 0.15) is 19.8 Å². The average Bonchev–Trinajstić information content (AvgIpc) is 2.66. The van der Waals surface area contributed by atoms with Crippen molar-refractivity contribution in [3.8, 4) is 0 Å². The first-order valence-electron chi connectivity index (χ1n) is 6.22. The number of hydrogen-bond donors (Lipinski definition) is 2. The van der Waals surface area contributed by atoms with Gasteiger partial charge in [0.2, 0.25) is 0 Å². The van der Waals surface area contributed by atoms with Gasteiger partial charge in [0.15, 0.2) is 5.79 Å². The van der Waals surface area contributed by atoms with Crippen LogP contribution in [0.15, 0.2) is 36.0 Å². The van der Waals surface area contributed by atoms with E-state index >= 15 is 0 Å². The fourth-order valence-corrected chi connectivity index (χ4v) is 2.53. The molecular weight excluding hydrogens is 232 g/mol. The first-order valence-corrected chi connectivity index (χ1v) is 6.22. The molecule has 2 heterocycles. The van der Waals surface area contributed by atoms with Crippen molar-refractivity contribution in [1.82, 2.24) is 0 Å². The zero-order chi connectivity index (χ0) is 13.2. The van der Waals surface area contributed by atoms with Gasteiger partial charge in [-0.15, -0.1) is 0 Å². The Bertz CT molecular complexity index is 385. The van der Waals surface area contributed by atoms with Gasteiger partial charge in [-0.25, -0.2) is 0 Å². The Labute approximate surface area is 107 Å². The van der Waals surface area contributed by atoms with Gasteiger partial charge >= 0.3 is 0 Å². The third-order valence-corrected chi connectivity index (χ3v) is 3.47. The zero-order valence-corrected chi connectivity index (χ0v) is 10.6. The maximum atomic E-state index is 9.83. The van der Waals surface area contributed by atoms with Crippen LogP contribution in [0.5, 0.6) is 0 Å². The lowest BCUT2D eigenvalue weighted by Gasteiger charge is -2.34. The SMILES string of the molecule is C=CC1=C(/C=C\C)C[C@@]2(C[C@H](O)[C@@H](CO)O2)OC1. The topological polar surface area (TPSA) is 58.9 Å². The van der Waals surface area contributed by atoms with Gasteiger partial charge in [-0.1, -0.05) is 24.8 Å². The van der Waals surface area contributed by atoms with Crippen LogP contribution in [-0.2, 0) is 9.47 Å². The molecule has 0 aliphatic carbocycles. The summed E-state index contributed by atoms with van der Waals surface area (Å²) in [7, 11) is 0. The average molecular weight is 252 g/mol. The molecule has 0 aromatic carbocycles. The largest absolute Gasteiger partial charge is 0.394 e. The quantitative estimate of drug-likeness (QED) is 0.795. The molecule has 2 aliphatic rings. The van der Waals surface area contributed by atoms with Crippen LogP contribution < -0.4 is 0 Å². The Hall–Kier alpha value is -0.940. The van der Waals surface area contributed by atoms with E-state index in [1.54, 1.807) is 6.08 Å². The van der Waals surface area contributed by atoms with Crippen molar-refractivity contribution in [2.24, 2.45) is 0 Å². The van der Waals surface area contributed by atoms with E-state index in [1.807, 2.05) is 19.1 Å². The van der Waals surface area contributed by atoms with E-state index in [2.05, 4.69) is 6.58 Å². The first kappa shape index (κ1) is 13.5. The summed E-state index contributed by atoms with van der Waals surface area (Å²) in [6.07, 6.45) is 5.51. The lowest BCUT2D eigenvalue weighted by molar-refractivity contribution is -0.229. The van der Waals surface area contributed by atoms with E-state index in [-0.39, 0.29) is 6.61 Å². The fraction of sp³-hybridized carbons (Fsp3) is 0.571. The van der Waals surface area contributed by atoms with Crippen LogP contribution >= 0.6 is 0 Å². The summed E-state index contributed by atoms with van der Waals surface area (Å²) >= 11 is 0. The lowest BCUT2D eigenvalue weighted by Crippen LogP contribution is -2.37. The van der Waals surface area contributed by atoms with E-state index in [1.165, 1.54) is 0 Å². The van der Waals surface area contributed by atoms with Crippen molar-refractivity contribution >= 4 is 0 Å². The van der Waals surface area contributed by atoms with Gasteiger partial charge in [0.25, 0.3) is 0 Å². The number of allylic oxidation sites excluding steroid dienone is 2. The summed E-state index contributed by atoms with van der Waals surface area (Å²) in [5.41, 5.74) is 2.16. The molecule has 3 atom stereocenters. The standard InChI is InChI=1S/C14H20O4/c1-3-5-11-6-14(17-9-10(11)4-2)7-12(16)13(8-15)18-14/h3-5,12-13,15-16H,2,6-9H2,1H3/b5-3-/t12-,13+,14+/m0/s1. The third-order valence-electron chi connectivity index (χ3n) is 3.47. The summed E-state index contributed by atoms with van der Waals surface area (Å²) in [6.45, 7) is 5.96. The Morgan fingerprint density at radius 1 is 1.50 bits per heavy atom. The number of hydrogen-bond acceptors (Lipinski definition) is 4. The highest BCUT2D eigenvalue weighted by molar-refractivity contribution is 5.35. The minimum absolute atomic E-state index is 0.191. The molecule has 0 aromatic heterocycles. The second-order valence-electron chi connectivity index (χ2n) is 4.74. The highest BCUT2D eigenvalue weighted by Crippen LogP contribution is 2.41. The van der Waals surface area contributed by atoms with Gasteiger partial charge in [-0.3, -0.25) is 0 Å². The van der Waals surface area contributed by atoms with E-state index in [9.17, 15) is 5.11 Å². The summed E-state index contributed by atoms with van der Waals surface area (Å²) in [6, 6.07) is 0. The van der Waals surface area contributed by atoms with Crippen LogP contribution in [0.2, 0.25) is 0 Å². The van der Waals surface area contributed by atoms with E-state index in [0.29, 0.717) is 19.4 Å². The van der Waals surface area contributed by atoms with Crippen LogP contribution in [0.4, 0.5) is 0 Å². The number of aliphatic hydroxyl groups excluding tert-OH is 2. The molecule has 18 heavy (non-hydrogen) atoms. The van der Waals surface area contributed by atoms with Gasteiger partial charge in [0.05, 0.1) is 19.3 Å². The van der Waals surface area contributed by atoms with Crippen molar-refractivity contribution in [2.45, 2.75) is 37.8 Å². The predicted octanol–water partition coefficient (Wildman–Crippen LogP) is 1.30. The van der Waals surface area contributed by atoms with Crippen molar-refractivity contribution in [2.75, 3.05) is 13.2 Å². The maximum absolute atomic E-state index is 9.83. The second kappa shape index (κ2) is 5.36. The first-order chi connectivity index (χ1) is 8.64. The maximum Gasteiger partial charge on any atom is 0.175 e. The highest BCUT2D eigenvalue weighted by atomic mass is 16.7. The van der Waals surface area contributed by atoms with Crippen molar-refractivity contribution in [3.05, 3.63) is 36.0 Å². The summed E-state index contributed by atoms with van der Waals surface area (Å²) < 4.78 is 11.4. The highest BCUT2D eigenvalue weighted by Gasteiger charge is 2.48. The van der Waals surface area contributed by atoms with Crippen LogP contribution in [0.25, 0.3) is 0 Å². The van der Waals surface area contributed by atoms with E-state index < -0.39 is 18.0 Å². The molecule has 1 saturated heterocycles. The van der Waals surface area contributed by atoms with Gasteiger partial charge in [-0.2, -0.15) is 0 Å². The predicted molar refractivity (Wildman–Crippen MR) is 67.9 cm³/mol. The van der Waals surface area contributed by atoms with Crippen molar-refractivity contribution in [1.29, 1.82) is 0 Å². The molecule has 0 unspecified atom stereocenters. The number of rotatable bonds is 3. The van der Waals surface area contributed by atoms with Crippen molar-refractivity contribution < 1.29 is 19.7 Å². The molecular formula is C14H20O4. The van der Waals surface area contributed by atoms with Gasteiger partial charge < -0.3 is 19.7 Å². The second-order valence-corrected chi connectivity index (χ2v) is 4.74. The van der Waals surface area contributed by atoms with Crippen molar-refractivity contribution in [3.63, 3.8) is 0 Å². The Kier molecular flexibility index (Phi) is 4.02. The van der Waals surface area contributed by atoms with E-state index in [0.717, 1.165) is 11.1 Å². The van der Waals surface area contributed by atoms with Gasteiger partial charge in [-0.05, 0) is 18.1 Å². The number of aliphatic hydroxyl groups is 2. The third kappa shape index (κ3) is 2.42. The molecule has 0 amide bonds. The molecule has 0 saturated carbocycles.